The summed E-state index contributed by atoms with van der Waals surface area (Å²) in [5, 5.41) is 0. The van der Waals surface area contributed by atoms with Gasteiger partial charge in [-0.3, -0.25) is 0 Å². The van der Waals surface area contributed by atoms with E-state index in [1.807, 2.05) is 101 Å². The average molecular weight is 619 g/mol. The van der Waals surface area contributed by atoms with E-state index in [0.717, 1.165) is 12.2 Å². The van der Waals surface area contributed by atoms with Gasteiger partial charge in [0, 0.05) is 36.1 Å². The minimum Gasteiger partial charge on any atom is -0.462 e. The maximum Gasteiger partial charge on any atom is 0.331 e. The lowest BCUT2D eigenvalue weighted by atomic mass is 9.83. The molecule has 4 rings (SSSR count). The van der Waals surface area contributed by atoms with Gasteiger partial charge < -0.3 is 19.3 Å². The third-order valence-corrected chi connectivity index (χ3v) is 8.40. The predicted molar refractivity (Wildman–Crippen MR) is 185 cm³/mol. The minimum absolute atomic E-state index is 0.0896. The standard InChI is InChI=1S/C40H46N2O4/c1-41(2)35(39(31-17-9-5-10-18-31)32-19-11-6-12-20-32)27-29-45-37(43)25-26-38(44)46-30-28-36(42(3)4)40(33-21-13-7-14-22-33)34-23-15-8-16-24-34/h5-26,35-36,39-40H,27-30H2,1-4H3/b26-25-. The zero-order chi connectivity index (χ0) is 32.7. The number of carbonyl (C=O) groups is 2. The summed E-state index contributed by atoms with van der Waals surface area (Å²) in [7, 11) is 8.18. The summed E-state index contributed by atoms with van der Waals surface area (Å²) >= 11 is 0. The van der Waals surface area contributed by atoms with Crippen molar-refractivity contribution in [3.05, 3.63) is 156 Å². The molecule has 2 atom stereocenters. The quantitative estimate of drug-likeness (QED) is 0.100. The van der Waals surface area contributed by atoms with E-state index in [9.17, 15) is 9.59 Å². The molecule has 0 heterocycles. The van der Waals surface area contributed by atoms with Crippen molar-refractivity contribution in [3.63, 3.8) is 0 Å². The Balaban J connectivity index is 1.31. The highest BCUT2D eigenvalue weighted by molar-refractivity contribution is 5.91. The van der Waals surface area contributed by atoms with Crippen LogP contribution in [0.25, 0.3) is 0 Å². The monoisotopic (exact) mass is 618 g/mol. The highest BCUT2D eigenvalue weighted by atomic mass is 16.5. The van der Waals surface area contributed by atoms with E-state index in [1.165, 1.54) is 22.3 Å². The maximum atomic E-state index is 12.5. The first-order valence-electron chi connectivity index (χ1n) is 15.9. The van der Waals surface area contributed by atoms with Crippen LogP contribution in [0.15, 0.2) is 133 Å². The smallest absolute Gasteiger partial charge is 0.331 e. The van der Waals surface area contributed by atoms with Crippen LogP contribution < -0.4 is 0 Å². The number of ether oxygens (including phenoxy) is 2. The zero-order valence-corrected chi connectivity index (χ0v) is 27.4. The van der Waals surface area contributed by atoms with E-state index in [-0.39, 0.29) is 37.1 Å². The molecule has 0 saturated heterocycles. The minimum atomic E-state index is -0.565. The lowest BCUT2D eigenvalue weighted by Gasteiger charge is -2.33. The molecule has 0 aliphatic carbocycles. The molecule has 0 aliphatic rings. The Bertz CT molecular complexity index is 1300. The Hall–Kier alpha value is -4.52. The van der Waals surface area contributed by atoms with E-state index in [1.54, 1.807) is 0 Å². The van der Waals surface area contributed by atoms with Crippen LogP contribution in [0.5, 0.6) is 0 Å². The molecular weight excluding hydrogens is 572 g/mol. The van der Waals surface area contributed by atoms with Crippen molar-refractivity contribution in [2.45, 2.75) is 36.8 Å². The fraction of sp³-hybridized carbons (Fsp3) is 0.300. The zero-order valence-electron chi connectivity index (χ0n) is 27.4. The summed E-state index contributed by atoms with van der Waals surface area (Å²) in [4.78, 5) is 29.4. The number of nitrogens with zero attached hydrogens (tertiary/aromatic N) is 2. The molecule has 6 nitrogen and oxygen atoms in total. The van der Waals surface area contributed by atoms with Crippen LogP contribution in [0.3, 0.4) is 0 Å². The lowest BCUT2D eigenvalue weighted by Crippen LogP contribution is -2.36. The van der Waals surface area contributed by atoms with E-state index >= 15 is 0 Å². The Morgan fingerprint density at radius 1 is 0.500 bits per heavy atom. The van der Waals surface area contributed by atoms with Crippen molar-refractivity contribution in [1.82, 2.24) is 9.80 Å². The molecular formula is C40H46N2O4. The molecule has 46 heavy (non-hydrogen) atoms. The second kappa shape index (κ2) is 17.8. The van der Waals surface area contributed by atoms with Crippen LogP contribution in [-0.2, 0) is 19.1 Å². The third-order valence-electron chi connectivity index (χ3n) is 8.40. The van der Waals surface area contributed by atoms with Gasteiger partial charge in [0.05, 0.1) is 13.2 Å². The fourth-order valence-electron chi connectivity index (χ4n) is 6.15. The average Bonchev–Trinajstić information content (AvgIpc) is 3.08. The van der Waals surface area contributed by atoms with Crippen LogP contribution in [-0.4, -0.2) is 75.2 Å². The molecule has 4 aromatic rings. The molecule has 0 aliphatic heterocycles. The molecule has 0 fully saturated rings. The number of likely N-dealkylation sites (N-methyl/N-ethyl adjacent to an activating group) is 2. The molecule has 0 aromatic heterocycles. The largest absolute Gasteiger partial charge is 0.462 e. The van der Waals surface area contributed by atoms with Gasteiger partial charge in [-0.15, -0.1) is 0 Å². The number of hydrogen-bond acceptors (Lipinski definition) is 6. The molecule has 0 bridgehead atoms. The fourth-order valence-corrected chi connectivity index (χ4v) is 6.15. The summed E-state index contributed by atoms with van der Waals surface area (Å²) < 4.78 is 11.1. The van der Waals surface area contributed by atoms with Crippen LogP contribution in [0.4, 0.5) is 0 Å². The summed E-state index contributed by atoms with van der Waals surface area (Å²) in [5.41, 5.74) is 4.82. The van der Waals surface area contributed by atoms with Gasteiger partial charge >= 0.3 is 11.9 Å². The number of esters is 2. The van der Waals surface area contributed by atoms with Crippen molar-refractivity contribution < 1.29 is 19.1 Å². The van der Waals surface area contributed by atoms with Gasteiger partial charge in [0.15, 0.2) is 0 Å². The Morgan fingerprint density at radius 3 is 1.00 bits per heavy atom. The molecule has 0 N–H and O–H groups in total. The normalized spacial score (nSPS) is 13.0. The summed E-state index contributed by atoms with van der Waals surface area (Å²) in [6.07, 6.45) is 3.56. The van der Waals surface area contributed by atoms with Gasteiger partial charge in [-0.25, -0.2) is 9.59 Å². The highest BCUT2D eigenvalue weighted by Crippen LogP contribution is 2.33. The Kier molecular flexibility index (Phi) is 13.3. The van der Waals surface area contributed by atoms with Crippen LogP contribution >= 0.6 is 0 Å². The van der Waals surface area contributed by atoms with Crippen molar-refractivity contribution in [2.75, 3.05) is 41.4 Å². The SMILES string of the molecule is CN(C)C(CCOC(=O)/C=C\C(=O)OCCC(C(c1ccccc1)c1ccccc1)N(C)C)C(c1ccccc1)c1ccccc1. The number of hydrogen-bond donors (Lipinski definition) is 0. The van der Waals surface area contributed by atoms with Crippen LogP contribution in [0.1, 0.15) is 46.9 Å². The molecule has 2 unspecified atom stereocenters. The van der Waals surface area contributed by atoms with E-state index in [2.05, 4.69) is 58.3 Å². The Morgan fingerprint density at radius 2 is 0.761 bits per heavy atom. The topological polar surface area (TPSA) is 59.1 Å². The summed E-state index contributed by atoms with van der Waals surface area (Å²) in [5.74, 6) is -0.915. The van der Waals surface area contributed by atoms with Crippen molar-refractivity contribution in [1.29, 1.82) is 0 Å². The van der Waals surface area contributed by atoms with Crippen molar-refractivity contribution >= 4 is 11.9 Å². The summed E-state index contributed by atoms with van der Waals surface area (Å²) in [6.45, 7) is 0.449. The van der Waals surface area contributed by atoms with Gasteiger partial charge in [-0.05, 0) is 63.3 Å². The van der Waals surface area contributed by atoms with Crippen molar-refractivity contribution in [2.24, 2.45) is 0 Å². The number of benzene rings is 4. The third kappa shape index (κ3) is 9.99. The van der Waals surface area contributed by atoms with Gasteiger partial charge in [-0.1, -0.05) is 121 Å². The van der Waals surface area contributed by atoms with Crippen LogP contribution in [0.2, 0.25) is 0 Å². The van der Waals surface area contributed by atoms with E-state index in [4.69, 9.17) is 9.47 Å². The van der Waals surface area contributed by atoms with E-state index < -0.39 is 11.9 Å². The number of carbonyl (C=O) groups excluding carboxylic acids is 2. The molecule has 4 aromatic carbocycles. The molecule has 240 valence electrons. The van der Waals surface area contributed by atoms with Gasteiger partial charge in [-0.2, -0.15) is 0 Å². The first kappa shape index (κ1) is 34.4. The predicted octanol–water partition coefficient (Wildman–Crippen LogP) is 6.93. The molecule has 0 spiro atoms. The van der Waals surface area contributed by atoms with Gasteiger partial charge in [0.25, 0.3) is 0 Å². The second-order valence-corrected chi connectivity index (χ2v) is 11.9. The summed E-state index contributed by atoms with van der Waals surface area (Å²) in [6, 6.07) is 41.7. The molecule has 0 radical (unpaired) electrons. The first-order chi connectivity index (χ1) is 22.3. The number of rotatable bonds is 16. The van der Waals surface area contributed by atoms with Crippen molar-refractivity contribution in [3.8, 4) is 0 Å². The van der Waals surface area contributed by atoms with Gasteiger partial charge in [0.1, 0.15) is 0 Å². The molecule has 0 saturated carbocycles. The molecule has 0 amide bonds. The Labute approximate surface area is 274 Å². The first-order valence-corrected chi connectivity index (χ1v) is 15.9. The maximum absolute atomic E-state index is 12.5. The highest BCUT2D eigenvalue weighted by Gasteiger charge is 2.28. The molecule has 6 heteroatoms. The van der Waals surface area contributed by atoms with E-state index in [0.29, 0.717) is 12.8 Å². The van der Waals surface area contributed by atoms with Crippen LogP contribution in [0, 0.1) is 0 Å². The lowest BCUT2D eigenvalue weighted by molar-refractivity contribution is -0.141. The van der Waals surface area contributed by atoms with Gasteiger partial charge in [0.2, 0.25) is 0 Å². The second-order valence-electron chi connectivity index (χ2n) is 11.9.